The van der Waals surface area contributed by atoms with Crippen LogP contribution in [-0.2, 0) is 18.8 Å². The van der Waals surface area contributed by atoms with Gasteiger partial charge in [-0.2, -0.15) is 0 Å². The Hall–Kier alpha value is -1.34. The van der Waals surface area contributed by atoms with Crippen LogP contribution in [0, 0.1) is 0 Å². The Kier molecular flexibility index (Phi) is 4.16. The summed E-state index contributed by atoms with van der Waals surface area (Å²) in [6.07, 6.45) is 4.80. The normalized spacial score (nSPS) is 10.9. The van der Waals surface area contributed by atoms with E-state index in [9.17, 15) is 0 Å². The number of rotatable bonds is 6. The van der Waals surface area contributed by atoms with E-state index in [2.05, 4.69) is 26.7 Å². The second kappa shape index (κ2) is 5.83. The standard InChI is InChI=1S/C10H15N5OS/c1-2-3-15-7-12-5-8(15)6-17-10-14-13-9(4-11)16-10/h5,7H,2-4,6,11H2,1H3. The third kappa shape index (κ3) is 3.07. The highest BCUT2D eigenvalue weighted by molar-refractivity contribution is 7.98. The molecule has 0 radical (unpaired) electrons. The van der Waals surface area contributed by atoms with Crippen molar-refractivity contribution in [3.05, 3.63) is 24.1 Å². The van der Waals surface area contributed by atoms with Crippen LogP contribution in [0.15, 0.2) is 22.2 Å². The molecule has 0 amide bonds. The largest absolute Gasteiger partial charge is 0.415 e. The highest BCUT2D eigenvalue weighted by Gasteiger charge is 2.07. The Labute approximate surface area is 104 Å². The second-order valence-corrected chi connectivity index (χ2v) is 4.46. The molecule has 2 rings (SSSR count). The van der Waals surface area contributed by atoms with Crippen LogP contribution in [-0.4, -0.2) is 19.7 Å². The summed E-state index contributed by atoms with van der Waals surface area (Å²) >= 11 is 1.50. The zero-order valence-electron chi connectivity index (χ0n) is 9.67. The van der Waals surface area contributed by atoms with Crippen LogP contribution < -0.4 is 5.73 Å². The van der Waals surface area contributed by atoms with Crippen molar-refractivity contribution in [2.24, 2.45) is 5.73 Å². The fourth-order valence-electron chi connectivity index (χ4n) is 1.43. The predicted molar refractivity (Wildman–Crippen MR) is 64.3 cm³/mol. The minimum atomic E-state index is 0.279. The Morgan fingerprint density at radius 3 is 3.06 bits per heavy atom. The zero-order valence-corrected chi connectivity index (χ0v) is 10.5. The molecular weight excluding hydrogens is 238 g/mol. The van der Waals surface area contributed by atoms with E-state index in [-0.39, 0.29) is 6.54 Å². The lowest BCUT2D eigenvalue weighted by atomic mass is 10.4. The molecule has 0 aliphatic heterocycles. The van der Waals surface area contributed by atoms with Gasteiger partial charge in [-0.3, -0.25) is 0 Å². The third-order valence-corrected chi connectivity index (χ3v) is 3.08. The molecule has 17 heavy (non-hydrogen) atoms. The average molecular weight is 253 g/mol. The summed E-state index contributed by atoms with van der Waals surface area (Å²) in [5.41, 5.74) is 6.55. The van der Waals surface area contributed by atoms with Gasteiger partial charge in [-0.15, -0.1) is 10.2 Å². The first kappa shape index (κ1) is 12.1. The maximum Gasteiger partial charge on any atom is 0.277 e. The van der Waals surface area contributed by atoms with Crippen LogP contribution in [0.1, 0.15) is 24.9 Å². The van der Waals surface area contributed by atoms with Gasteiger partial charge >= 0.3 is 0 Å². The quantitative estimate of drug-likeness (QED) is 0.784. The third-order valence-electron chi connectivity index (χ3n) is 2.23. The van der Waals surface area contributed by atoms with Crippen LogP contribution in [0.25, 0.3) is 0 Å². The van der Waals surface area contributed by atoms with Gasteiger partial charge in [0.2, 0.25) is 5.89 Å². The molecule has 0 spiro atoms. The van der Waals surface area contributed by atoms with Crippen LogP contribution in [0.2, 0.25) is 0 Å². The van der Waals surface area contributed by atoms with Gasteiger partial charge in [-0.25, -0.2) is 4.98 Å². The topological polar surface area (TPSA) is 82.8 Å². The average Bonchev–Trinajstić information content (AvgIpc) is 2.95. The SMILES string of the molecule is CCCn1cncc1CSc1nnc(CN)o1. The van der Waals surface area contributed by atoms with Crippen LogP contribution >= 0.6 is 11.8 Å². The number of aryl methyl sites for hydroxylation is 1. The minimum absolute atomic E-state index is 0.279. The summed E-state index contributed by atoms with van der Waals surface area (Å²) in [4.78, 5) is 4.14. The lowest BCUT2D eigenvalue weighted by molar-refractivity contribution is 0.414. The number of nitrogens with zero attached hydrogens (tertiary/aromatic N) is 4. The van der Waals surface area contributed by atoms with Crippen molar-refractivity contribution in [2.45, 2.75) is 37.4 Å². The Balaban J connectivity index is 1.94. The van der Waals surface area contributed by atoms with Gasteiger partial charge < -0.3 is 14.7 Å². The molecular formula is C10H15N5OS. The van der Waals surface area contributed by atoms with Gasteiger partial charge in [0, 0.05) is 24.2 Å². The van der Waals surface area contributed by atoms with E-state index in [0.29, 0.717) is 11.1 Å². The monoisotopic (exact) mass is 253 g/mol. The van der Waals surface area contributed by atoms with Gasteiger partial charge in [0.15, 0.2) is 0 Å². The summed E-state index contributed by atoms with van der Waals surface area (Å²) in [7, 11) is 0. The summed E-state index contributed by atoms with van der Waals surface area (Å²) < 4.78 is 7.45. The van der Waals surface area contributed by atoms with Crippen molar-refractivity contribution in [3.8, 4) is 0 Å². The van der Waals surface area contributed by atoms with Crippen molar-refractivity contribution >= 4 is 11.8 Å². The first-order chi connectivity index (χ1) is 8.33. The molecule has 92 valence electrons. The van der Waals surface area contributed by atoms with E-state index >= 15 is 0 Å². The minimum Gasteiger partial charge on any atom is -0.415 e. The van der Waals surface area contributed by atoms with E-state index < -0.39 is 0 Å². The van der Waals surface area contributed by atoms with Crippen molar-refractivity contribution in [1.82, 2.24) is 19.7 Å². The molecule has 0 saturated heterocycles. The van der Waals surface area contributed by atoms with Gasteiger partial charge in [-0.05, 0) is 6.42 Å². The molecule has 0 fully saturated rings. The molecule has 2 heterocycles. The number of imidazole rings is 1. The fraction of sp³-hybridized carbons (Fsp3) is 0.500. The van der Waals surface area contributed by atoms with Gasteiger partial charge in [0.05, 0.1) is 12.9 Å². The number of hydrogen-bond donors (Lipinski definition) is 1. The molecule has 0 aromatic carbocycles. The first-order valence-electron chi connectivity index (χ1n) is 5.47. The molecule has 6 nitrogen and oxygen atoms in total. The van der Waals surface area contributed by atoms with Gasteiger partial charge in [0.25, 0.3) is 5.22 Å². The van der Waals surface area contributed by atoms with E-state index in [4.69, 9.17) is 10.2 Å². The fourth-order valence-corrected chi connectivity index (χ4v) is 2.19. The second-order valence-electron chi connectivity index (χ2n) is 3.53. The van der Waals surface area contributed by atoms with Gasteiger partial charge in [0.1, 0.15) is 0 Å². The molecule has 0 unspecified atom stereocenters. The van der Waals surface area contributed by atoms with E-state index in [1.165, 1.54) is 11.8 Å². The Morgan fingerprint density at radius 1 is 1.47 bits per heavy atom. The van der Waals surface area contributed by atoms with Gasteiger partial charge in [-0.1, -0.05) is 18.7 Å². The molecule has 0 bridgehead atoms. The maximum atomic E-state index is 5.40. The number of aromatic nitrogens is 4. The maximum absolute atomic E-state index is 5.40. The highest BCUT2D eigenvalue weighted by Crippen LogP contribution is 2.21. The van der Waals surface area contributed by atoms with E-state index in [1.54, 1.807) is 0 Å². The molecule has 2 aromatic rings. The van der Waals surface area contributed by atoms with E-state index in [1.807, 2.05) is 12.5 Å². The predicted octanol–water partition coefficient (Wildman–Crippen LogP) is 1.43. The molecule has 0 aliphatic rings. The molecule has 0 aliphatic carbocycles. The van der Waals surface area contributed by atoms with Crippen molar-refractivity contribution in [3.63, 3.8) is 0 Å². The van der Waals surface area contributed by atoms with Crippen molar-refractivity contribution in [2.75, 3.05) is 0 Å². The Morgan fingerprint density at radius 2 is 2.35 bits per heavy atom. The number of hydrogen-bond acceptors (Lipinski definition) is 6. The van der Waals surface area contributed by atoms with Crippen molar-refractivity contribution < 1.29 is 4.42 Å². The lowest BCUT2D eigenvalue weighted by Crippen LogP contribution is -1.99. The lowest BCUT2D eigenvalue weighted by Gasteiger charge is -2.04. The molecule has 2 aromatic heterocycles. The Bertz CT molecular complexity index is 467. The smallest absolute Gasteiger partial charge is 0.277 e. The van der Waals surface area contributed by atoms with E-state index in [0.717, 1.165) is 24.4 Å². The molecule has 0 atom stereocenters. The highest BCUT2D eigenvalue weighted by atomic mass is 32.2. The summed E-state index contributed by atoms with van der Waals surface area (Å²) in [6.45, 7) is 3.40. The van der Waals surface area contributed by atoms with Crippen LogP contribution in [0.3, 0.4) is 0 Å². The summed E-state index contributed by atoms with van der Waals surface area (Å²) in [5, 5.41) is 8.26. The summed E-state index contributed by atoms with van der Waals surface area (Å²) in [6, 6.07) is 0. The van der Waals surface area contributed by atoms with Crippen molar-refractivity contribution in [1.29, 1.82) is 0 Å². The number of nitrogens with two attached hydrogens (primary N) is 1. The summed E-state index contributed by atoms with van der Waals surface area (Å²) in [5.74, 6) is 1.24. The van der Waals surface area contributed by atoms with Crippen LogP contribution in [0.4, 0.5) is 0 Å². The molecule has 0 saturated carbocycles. The molecule has 7 heteroatoms. The van der Waals surface area contributed by atoms with Crippen LogP contribution in [0.5, 0.6) is 0 Å². The first-order valence-corrected chi connectivity index (χ1v) is 6.46. The number of thioether (sulfide) groups is 1. The molecule has 2 N–H and O–H groups in total. The zero-order chi connectivity index (χ0) is 12.1.